The molecule has 0 saturated carbocycles. The van der Waals surface area contributed by atoms with Crippen molar-refractivity contribution < 1.29 is 9.84 Å². The van der Waals surface area contributed by atoms with Gasteiger partial charge in [0.25, 0.3) is 0 Å². The fraction of sp³-hybridized carbons (Fsp3) is 0.200. The van der Waals surface area contributed by atoms with Gasteiger partial charge in [-0.3, -0.25) is 0 Å². The number of rotatable bonds is 2. The van der Waals surface area contributed by atoms with Crippen LogP contribution < -0.4 is 4.74 Å². The Balaban J connectivity index is 2.67. The molecule has 74 valence electrons. The fourth-order valence-electron chi connectivity index (χ4n) is 1.33. The van der Waals surface area contributed by atoms with Crippen molar-refractivity contribution in [3.8, 4) is 5.75 Å². The first-order chi connectivity index (χ1) is 6.74. The number of benzene rings is 1. The maximum atomic E-state index is 9.02. The van der Waals surface area contributed by atoms with Gasteiger partial charge in [0.1, 0.15) is 5.75 Å². The van der Waals surface area contributed by atoms with Crippen molar-refractivity contribution in [2.45, 2.75) is 6.61 Å². The molecule has 14 heavy (non-hydrogen) atoms. The minimum atomic E-state index is 0.0914. The van der Waals surface area contributed by atoms with Crippen LogP contribution in [0.25, 0.3) is 10.1 Å². The summed E-state index contributed by atoms with van der Waals surface area (Å²) >= 11 is 5.07. The Kier molecular flexibility index (Phi) is 2.76. The van der Waals surface area contributed by atoms with Crippen molar-refractivity contribution in [2.24, 2.45) is 0 Å². The van der Waals surface area contributed by atoms with Crippen LogP contribution in [0.15, 0.2) is 22.7 Å². The van der Waals surface area contributed by atoms with Crippen LogP contribution in [0.3, 0.4) is 0 Å². The van der Waals surface area contributed by atoms with Gasteiger partial charge in [-0.05, 0) is 39.5 Å². The van der Waals surface area contributed by atoms with Gasteiger partial charge in [-0.2, -0.15) is 0 Å². The molecular weight excluding hydrogens is 264 g/mol. The minimum Gasteiger partial charge on any atom is -0.497 e. The van der Waals surface area contributed by atoms with E-state index in [1.807, 2.05) is 18.2 Å². The van der Waals surface area contributed by atoms with Gasteiger partial charge >= 0.3 is 0 Å². The van der Waals surface area contributed by atoms with Gasteiger partial charge in [-0.15, -0.1) is 11.3 Å². The second-order valence-corrected chi connectivity index (χ2v) is 4.89. The third-order valence-corrected chi connectivity index (χ3v) is 4.04. The maximum Gasteiger partial charge on any atom is 0.120 e. The molecule has 0 atom stereocenters. The van der Waals surface area contributed by atoms with Crippen LogP contribution in [0.1, 0.15) is 4.88 Å². The van der Waals surface area contributed by atoms with Crippen molar-refractivity contribution in [1.82, 2.24) is 0 Å². The van der Waals surface area contributed by atoms with Gasteiger partial charge in [0.15, 0.2) is 0 Å². The molecule has 0 fully saturated rings. The standard InChI is InChI=1S/C10H9BrO2S/c1-13-7-2-6-3-8(5-12)14-10(6)9(11)4-7/h2-4,12H,5H2,1H3. The SMILES string of the molecule is COc1cc(Br)c2sc(CO)cc2c1. The zero-order chi connectivity index (χ0) is 10.1. The van der Waals surface area contributed by atoms with Crippen LogP contribution in [0.2, 0.25) is 0 Å². The number of hydrogen-bond donors (Lipinski definition) is 1. The minimum absolute atomic E-state index is 0.0914. The molecule has 1 aromatic heterocycles. The quantitative estimate of drug-likeness (QED) is 0.910. The van der Waals surface area contributed by atoms with E-state index in [9.17, 15) is 0 Å². The predicted octanol–water partition coefficient (Wildman–Crippen LogP) is 3.16. The van der Waals surface area contributed by atoms with E-state index in [0.717, 1.165) is 25.2 Å². The van der Waals surface area contributed by atoms with Crippen LogP contribution in [0.5, 0.6) is 5.75 Å². The highest BCUT2D eigenvalue weighted by molar-refractivity contribution is 9.10. The Morgan fingerprint density at radius 2 is 2.21 bits per heavy atom. The van der Waals surface area contributed by atoms with Crippen LogP contribution >= 0.6 is 27.3 Å². The van der Waals surface area contributed by atoms with E-state index >= 15 is 0 Å². The molecule has 0 saturated heterocycles. The average Bonchev–Trinajstić information content (AvgIpc) is 2.61. The summed E-state index contributed by atoms with van der Waals surface area (Å²) in [6, 6.07) is 5.88. The Bertz CT molecular complexity index is 464. The smallest absolute Gasteiger partial charge is 0.120 e. The molecule has 0 spiro atoms. The van der Waals surface area contributed by atoms with E-state index in [4.69, 9.17) is 9.84 Å². The summed E-state index contributed by atoms with van der Waals surface area (Å²) in [5.74, 6) is 0.826. The molecule has 0 aliphatic heterocycles. The van der Waals surface area contributed by atoms with Crippen molar-refractivity contribution in [2.75, 3.05) is 7.11 Å². The summed E-state index contributed by atoms with van der Waals surface area (Å²) < 4.78 is 7.32. The highest BCUT2D eigenvalue weighted by atomic mass is 79.9. The molecule has 0 amide bonds. The number of ether oxygens (including phenoxy) is 1. The van der Waals surface area contributed by atoms with Gasteiger partial charge in [-0.25, -0.2) is 0 Å². The van der Waals surface area contributed by atoms with Crippen molar-refractivity contribution >= 4 is 37.4 Å². The molecule has 0 bridgehead atoms. The molecule has 1 heterocycles. The summed E-state index contributed by atoms with van der Waals surface area (Å²) in [6.45, 7) is 0.0914. The van der Waals surface area contributed by atoms with Crippen LogP contribution in [-0.4, -0.2) is 12.2 Å². The summed E-state index contributed by atoms with van der Waals surface area (Å²) in [5, 5.41) is 10.1. The molecule has 0 radical (unpaired) electrons. The summed E-state index contributed by atoms with van der Waals surface area (Å²) in [5.41, 5.74) is 0. The predicted molar refractivity (Wildman–Crippen MR) is 62.0 cm³/mol. The number of thiophene rings is 1. The number of methoxy groups -OCH3 is 1. The number of halogens is 1. The van der Waals surface area contributed by atoms with Crippen LogP contribution in [-0.2, 0) is 6.61 Å². The highest BCUT2D eigenvalue weighted by Crippen LogP contribution is 2.35. The summed E-state index contributed by atoms with van der Waals surface area (Å²) in [6.07, 6.45) is 0. The van der Waals surface area contributed by atoms with E-state index in [0.29, 0.717) is 0 Å². The first-order valence-corrected chi connectivity index (χ1v) is 5.72. The fourth-order valence-corrected chi connectivity index (χ4v) is 2.94. The van der Waals surface area contributed by atoms with E-state index in [2.05, 4.69) is 15.9 Å². The third-order valence-electron chi connectivity index (χ3n) is 1.99. The number of aliphatic hydroxyl groups is 1. The third kappa shape index (κ3) is 1.65. The van der Waals surface area contributed by atoms with Gasteiger partial charge in [0.05, 0.1) is 13.7 Å². The lowest BCUT2D eigenvalue weighted by molar-refractivity contribution is 0.285. The highest BCUT2D eigenvalue weighted by Gasteiger charge is 2.06. The van der Waals surface area contributed by atoms with E-state index < -0.39 is 0 Å². The summed E-state index contributed by atoms with van der Waals surface area (Å²) in [7, 11) is 1.65. The van der Waals surface area contributed by atoms with E-state index in [-0.39, 0.29) is 6.61 Å². The average molecular weight is 273 g/mol. The Labute approximate surface area is 94.3 Å². The number of aliphatic hydroxyl groups excluding tert-OH is 1. The first-order valence-electron chi connectivity index (χ1n) is 4.11. The molecule has 2 rings (SSSR count). The molecule has 4 heteroatoms. The molecule has 0 aliphatic rings. The monoisotopic (exact) mass is 272 g/mol. The van der Waals surface area contributed by atoms with Gasteiger partial charge < -0.3 is 9.84 Å². The zero-order valence-electron chi connectivity index (χ0n) is 7.58. The van der Waals surface area contributed by atoms with Crippen molar-refractivity contribution in [3.63, 3.8) is 0 Å². The Morgan fingerprint density at radius 1 is 1.43 bits per heavy atom. The van der Waals surface area contributed by atoms with Gasteiger partial charge in [-0.1, -0.05) is 0 Å². The normalized spacial score (nSPS) is 10.8. The molecule has 0 aliphatic carbocycles. The molecule has 2 aromatic rings. The second kappa shape index (κ2) is 3.88. The maximum absolute atomic E-state index is 9.02. The summed E-state index contributed by atoms with van der Waals surface area (Å²) in [4.78, 5) is 0.967. The van der Waals surface area contributed by atoms with Gasteiger partial charge in [0, 0.05) is 14.0 Å². The lowest BCUT2D eigenvalue weighted by Gasteiger charge is -2.00. The Hall–Kier alpha value is -0.580. The Morgan fingerprint density at radius 3 is 2.86 bits per heavy atom. The molecule has 1 aromatic carbocycles. The van der Waals surface area contributed by atoms with Crippen LogP contribution in [0.4, 0.5) is 0 Å². The topological polar surface area (TPSA) is 29.5 Å². The lowest BCUT2D eigenvalue weighted by Crippen LogP contribution is -1.81. The molecular formula is C10H9BrO2S. The van der Waals surface area contributed by atoms with Crippen molar-refractivity contribution in [1.29, 1.82) is 0 Å². The molecule has 0 unspecified atom stereocenters. The lowest BCUT2D eigenvalue weighted by atomic mass is 10.2. The largest absolute Gasteiger partial charge is 0.497 e. The molecule has 1 N–H and O–H groups in total. The van der Waals surface area contributed by atoms with Crippen molar-refractivity contribution in [3.05, 3.63) is 27.5 Å². The second-order valence-electron chi connectivity index (χ2n) is 2.90. The first kappa shape index (κ1) is 9.96. The molecule has 2 nitrogen and oxygen atoms in total. The zero-order valence-corrected chi connectivity index (χ0v) is 9.98. The van der Waals surface area contributed by atoms with E-state index in [1.165, 1.54) is 0 Å². The number of hydrogen-bond acceptors (Lipinski definition) is 3. The number of fused-ring (bicyclic) bond motifs is 1. The van der Waals surface area contributed by atoms with Gasteiger partial charge in [0.2, 0.25) is 0 Å². The van der Waals surface area contributed by atoms with E-state index in [1.54, 1.807) is 18.4 Å². The van der Waals surface area contributed by atoms with Crippen LogP contribution in [0, 0.1) is 0 Å².